The smallest absolute Gasteiger partial charge is 0.124 e. The molecule has 0 saturated carbocycles. The lowest BCUT2D eigenvalue weighted by molar-refractivity contribution is 0.289. The molecule has 3 heteroatoms. The third kappa shape index (κ3) is 3.78. The first kappa shape index (κ1) is 15.9. The van der Waals surface area contributed by atoms with Crippen LogP contribution < -0.4 is 10.1 Å². The van der Waals surface area contributed by atoms with Crippen LogP contribution in [0.2, 0.25) is 5.02 Å². The number of halogens is 1. The van der Waals surface area contributed by atoms with Crippen molar-refractivity contribution in [1.82, 2.24) is 5.32 Å². The molecule has 0 atom stereocenters. The van der Waals surface area contributed by atoms with Gasteiger partial charge in [-0.2, -0.15) is 0 Å². The van der Waals surface area contributed by atoms with E-state index in [2.05, 4.69) is 42.6 Å². The highest BCUT2D eigenvalue weighted by atomic mass is 35.5. The maximum absolute atomic E-state index is 6.20. The van der Waals surface area contributed by atoms with Crippen LogP contribution >= 0.6 is 11.6 Å². The molecule has 1 aliphatic heterocycles. The van der Waals surface area contributed by atoms with Crippen LogP contribution in [0.15, 0.2) is 36.4 Å². The molecule has 0 amide bonds. The Hall–Kier alpha value is -1.51. The number of fused-ring (bicyclic) bond motifs is 1. The average molecular weight is 304 g/mol. The van der Waals surface area contributed by atoms with Crippen molar-refractivity contribution in [3.8, 4) is 16.9 Å². The summed E-state index contributed by atoms with van der Waals surface area (Å²) in [6.45, 7) is 2.92. The van der Waals surface area contributed by atoms with E-state index in [0.29, 0.717) is 0 Å². The Kier molecular flexibility index (Phi) is 5.66. The van der Waals surface area contributed by atoms with Crippen LogP contribution in [0.25, 0.3) is 11.1 Å². The van der Waals surface area contributed by atoms with Gasteiger partial charge in [0.25, 0.3) is 0 Å². The lowest BCUT2D eigenvalue weighted by Crippen LogP contribution is -2.09. The van der Waals surface area contributed by atoms with Gasteiger partial charge in [0, 0.05) is 10.6 Å². The molecule has 3 rings (SSSR count). The van der Waals surface area contributed by atoms with Crippen LogP contribution in [-0.4, -0.2) is 20.7 Å². The summed E-state index contributed by atoms with van der Waals surface area (Å²) in [5.41, 5.74) is 5.03. The zero-order valence-corrected chi connectivity index (χ0v) is 13.6. The summed E-state index contributed by atoms with van der Waals surface area (Å²) in [7, 11) is 3.75. The van der Waals surface area contributed by atoms with E-state index in [1.807, 2.05) is 20.2 Å². The van der Waals surface area contributed by atoms with Gasteiger partial charge in [0.1, 0.15) is 5.75 Å². The minimum atomic E-state index is 0.744. The lowest BCUT2D eigenvalue weighted by Gasteiger charge is -2.21. The molecule has 0 bridgehead atoms. The lowest BCUT2D eigenvalue weighted by atomic mass is 9.92. The monoisotopic (exact) mass is 303 g/mol. The number of nitrogens with one attached hydrogen (secondary N) is 1. The number of benzene rings is 2. The molecule has 0 saturated heterocycles. The molecular formula is C18H22ClNO. The van der Waals surface area contributed by atoms with Crippen molar-refractivity contribution in [2.45, 2.75) is 19.8 Å². The average Bonchev–Trinajstić information content (AvgIpc) is 2.48. The molecule has 2 nitrogen and oxygen atoms in total. The van der Waals surface area contributed by atoms with E-state index in [0.717, 1.165) is 30.2 Å². The van der Waals surface area contributed by atoms with Crippen LogP contribution in [0.3, 0.4) is 0 Å². The van der Waals surface area contributed by atoms with Gasteiger partial charge >= 0.3 is 0 Å². The Morgan fingerprint density at radius 2 is 1.81 bits per heavy atom. The van der Waals surface area contributed by atoms with Crippen molar-refractivity contribution in [3.63, 3.8) is 0 Å². The molecule has 0 spiro atoms. The van der Waals surface area contributed by atoms with Gasteiger partial charge in [-0.05, 0) is 62.7 Å². The first-order valence-corrected chi connectivity index (χ1v) is 7.65. The normalized spacial score (nSPS) is 12.8. The molecule has 2 aromatic rings. The molecule has 21 heavy (non-hydrogen) atoms. The van der Waals surface area contributed by atoms with Crippen LogP contribution in [-0.2, 0) is 6.42 Å². The second-order valence-corrected chi connectivity index (χ2v) is 5.63. The number of hydrogen-bond acceptors (Lipinski definition) is 2. The van der Waals surface area contributed by atoms with Crippen LogP contribution in [0.1, 0.15) is 17.5 Å². The SMILES string of the molecule is CNC.Cc1ccccc1-c1cc(Cl)cc2c1CCCO2. The van der Waals surface area contributed by atoms with Gasteiger partial charge < -0.3 is 10.1 Å². The van der Waals surface area contributed by atoms with Crippen molar-refractivity contribution in [2.24, 2.45) is 0 Å². The van der Waals surface area contributed by atoms with Crippen LogP contribution in [0.5, 0.6) is 5.75 Å². The summed E-state index contributed by atoms with van der Waals surface area (Å²) in [4.78, 5) is 0. The van der Waals surface area contributed by atoms with E-state index in [-0.39, 0.29) is 0 Å². The Balaban J connectivity index is 0.000000497. The number of hydrogen-bond donors (Lipinski definition) is 1. The van der Waals surface area contributed by atoms with Gasteiger partial charge in [-0.1, -0.05) is 35.9 Å². The Bertz CT molecular complexity index is 610. The topological polar surface area (TPSA) is 21.3 Å². The van der Waals surface area contributed by atoms with Crippen molar-refractivity contribution >= 4 is 11.6 Å². The molecule has 0 aromatic heterocycles. The molecule has 2 aromatic carbocycles. The number of aryl methyl sites for hydroxylation is 1. The predicted octanol–water partition coefficient (Wildman–Crippen LogP) is 4.48. The summed E-state index contributed by atoms with van der Waals surface area (Å²) in [5, 5.41) is 3.49. The van der Waals surface area contributed by atoms with Crippen LogP contribution in [0.4, 0.5) is 0 Å². The first-order valence-electron chi connectivity index (χ1n) is 7.27. The van der Waals surface area contributed by atoms with E-state index in [1.165, 1.54) is 22.3 Å². The second kappa shape index (κ2) is 7.48. The second-order valence-electron chi connectivity index (χ2n) is 5.20. The largest absolute Gasteiger partial charge is 0.493 e. The van der Waals surface area contributed by atoms with Crippen molar-refractivity contribution in [2.75, 3.05) is 20.7 Å². The zero-order valence-electron chi connectivity index (χ0n) is 12.9. The van der Waals surface area contributed by atoms with Gasteiger partial charge in [0.2, 0.25) is 0 Å². The highest BCUT2D eigenvalue weighted by molar-refractivity contribution is 6.31. The molecule has 0 fully saturated rings. The van der Waals surface area contributed by atoms with Gasteiger partial charge in [0.05, 0.1) is 6.61 Å². The van der Waals surface area contributed by atoms with E-state index in [1.54, 1.807) is 0 Å². The Morgan fingerprint density at radius 3 is 2.52 bits per heavy atom. The fraction of sp³-hybridized carbons (Fsp3) is 0.333. The molecule has 1 aliphatic rings. The summed E-state index contributed by atoms with van der Waals surface area (Å²) < 4.78 is 5.72. The quantitative estimate of drug-likeness (QED) is 0.839. The summed E-state index contributed by atoms with van der Waals surface area (Å²) in [5.74, 6) is 0.951. The molecule has 0 radical (unpaired) electrons. The highest BCUT2D eigenvalue weighted by Crippen LogP contribution is 2.38. The van der Waals surface area contributed by atoms with Gasteiger partial charge in [0.15, 0.2) is 0 Å². The fourth-order valence-corrected chi connectivity index (χ4v) is 2.75. The van der Waals surface area contributed by atoms with Crippen molar-refractivity contribution in [1.29, 1.82) is 0 Å². The molecular weight excluding hydrogens is 282 g/mol. The molecule has 0 unspecified atom stereocenters. The molecule has 1 heterocycles. The third-order valence-corrected chi connectivity index (χ3v) is 3.66. The van der Waals surface area contributed by atoms with E-state index >= 15 is 0 Å². The minimum absolute atomic E-state index is 0.744. The van der Waals surface area contributed by atoms with E-state index in [4.69, 9.17) is 16.3 Å². The maximum atomic E-state index is 6.20. The van der Waals surface area contributed by atoms with E-state index in [9.17, 15) is 0 Å². The van der Waals surface area contributed by atoms with Gasteiger partial charge in [-0.15, -0.1) is 0 Å². The molecule has 1 N–H and O–H groups in total. The predicted molar refractivity (Wildman–Crippen MR) is 90.4 cm³/mol. The van der Waals surface area contributed by atoms with Gasteiger partial charge in [-0.3, -0.25) is 0 Å². The molecule has 0 aliphatic carbocycles. The maximum Gasteiger partial charge on any atom is 0.124 e. The Morgan fingerprint density at radius 1 is 1.10 bits per heavy atom. The number of ether oxygens (including phenoxy) is 1. The van der Waals surface area contributed by atoms with Crippen LogP contribution in [0, 0.1) is 6.92 Å². The minimum Gasteiger partial charge on any atom is -0.493 e. The zero-order chi connectivity index (χ0) is 15.2. The first-order chi connectivity index (χ1) is 10.2. The summed E-state index contributed by atoms with van der Waals surface area (Å²) >= 11 is 6.20. The Labute approximate surface area is 132 Å². The van der Waals surface area contributed by atoms with E-state index < -0.39 is 0 Å². The van der Waals surface area contributed by atoms with Gasteiger partial charge in [-0.25, -0.2) is 0 Å². The third-order valence-electron chi connectivity index (χ3n) is 3.44. The van der Waals surface area contributed by atoms with Crippen molar-refractivity contribution < 1.29 is 4.74 Å². The highest BCUT2D eigenvalue weighted by Gasteiger charge is 2.17. The number of rotatable bonds is 1. The standard InChI is InChI=1S/C16H15ClO.C2H7N/c1-11-5-2-3-6-13(11)15-9-12(17)10-16-14(15)7-4-8-18-16;1-3-2/h2-3,5-6,9-10H,4,7-8H2,1H3;3H,1-2H3. The fourth-order valence-electron chi connectivity index (χ4n) is 2.54. The summed E-state index contributed by atoms with van der Waals surface area (Å²) in [6.07, 6.45) is 2.14. The molecule has 112 valence electrons. The van der Waals surface area contributed by atoms with Crippen molar-refractivity contribution in [3.05, 3.63) is 52.5 Å². The summed E-state index contributed by atoms with van der Waals surface area (Å²) in [6, 6.07) is 12.4.